The molecule has 0 amide bonds. The molecule has 0 spiro atoms. The molecule has 0 rings (SSSR count). The Hall–Kier alpha value is -0.293. The predicted molar refractivity (Wildman–Crippen MR) is 43.1 cm³/mol. The molecule has 0 saturated heterocycles. The second-order valence-electron chi connectivity index (χ2n) is 2.80. The lowest BCUT2D eigenvalue weighted by Gasteiger charge is -1.98. The molecule has 9 heavy (non-hydrogen) atoms. The second-order valence-corrected chi connectivity index (χ2v) is 6.16. The van der Waals surface area contributed by atoms with Gasteiger partial charge in [0.25, 0.3) is 0 Å². The zero-order valence-corrected chi connectivity index (χ0v) is 7.51. The van der Waals surface area contributed by atoms with Gasteiger partial charge >= 0.3 is 0 Å². The molecule has 52 valence electrons. The highest BCUT2D eigenvalue weighted by molar-refractivity contribution is 6.55. The lowest BCUT2D eigenvalue weighted by Crippen LogP contribution is -1.97. The van der Waals surface area contributed by atoms with Gasteiger partial charge in [0.15, 0.2) is 0 Å². The van der Waals surface area contributed by atoms with Crippen LogP contribution in [0.1, 0.15) is 19.3 Å². The van der Waals surface area contributed by atoms with Crippen LogP contribution in [0.15, 0.2) is 0 Å². The van der Waals surface area contributed by atoms with Gasteiger partial charge in [-0.15, -0.1) is 0 Å². The Bertz CT molecular complexity index is 93.6. The first-order chi connectivity index (χ1) is 4.27. The van der Waals surface area contributed by atoms with Crippen molar-refractivity contribution in [1.82, 2.24) is 0 Å². The van der Waals surface area contributed by atoms with E-state index >= 15 is 0 Å². The van der Waals surface area contributed by atoms with E-state index in [-0.39, 0.29) is 8.80 Å². The zero-order valence-electron chi connectivity index (χ0n) is 6.35. The Morgan fingerprint density at radius 1 is 1.33 bits per heavy atom. The molecule has 0 aliphatic heterocycles. The van der Waals surface area contributed by atoms with Gasteiger partial charge < -0.3 is 0 Å². The summed E-state index contributed by atoms with van der Waals surface area (Å²) in [6.45, 7) is 4.71. The summed E-state index contributed by atoms with van der Waals surface area (Å²) in [5, 5.41) is 8.19. The van der Waals surface area contributed by atoms with E-state index in [9.17, 15) is 0 Å². The lowest BCUT2D eigenvalue weighted by atomic mass is 10.3. The Balaban J connectivity index is 2.85. The Morgan fingerprint density at radius 2 is 2.00 bits per heavy atom. The summed E-state index contributed by atoms with van der Waals surface area (Å²) >= 11 is 0. The molecule has 0 aliphatic rings. The van der Waals surface area contributed by atoms with Gasteiger partial charge in [-0.1, -0.05) is 25.6 Å². The average molecular weight is 141 g/mol. The summed E-state index contributed by atoms with van der Waals surface area (Å²) in [5.41, 5.74) is 0. The molecule has 0 aromatic carbocycles. The van der Waals surface area contributed by atoms with Crippen LogP contribution in [-0.4, -0.2) is 8.80 Å². The van der Waals surface area contributed by atoms with Gasteiger partial charge in [-0.25, -0.2) is 0 Å². The van der Waals surface area contributed by atoms with Crippen LogP contribution < -0.4 is 0 Å². The molecule has 0 radical (unpaired) electrons. The SMILES string of the molecule is C[SiH](C)CCCCC#N. The monoisotopic (exact) mass is 141 g/mol. The van der Waals surface area contributed by atoms with Crippen LogP contribution in [0.4, 0.5) is 0 Å². The largest absolute Gasteiger partial charge is 0.198 e. The first-order valence-corrected chi connectivity index (χ1v) is 6.77. The summed E-state index contributed by atoms with van der Waals surface area (Å²) in [6.07, 6.45) is 3.14. The van der Waals surface area contributed by atoms with Gasteiger partial charge in [0.1, 0.15) is 0 Å². The van der Waals surface area contributed by atoms with E-state index < -0.39 is 0 Å². The summed E-state index contributed by atoms with van der Waals surface area (Å²) in [6, 6.07) is 3.56. The Morgan fingerprint density at radius 3 is 2.44 bits per heavy atom. The molecule has 0 saturated carbocycles. The summed E-state index contributed by atoms with van der Waals surface area (Å²) in [4.78, 5) is 0. The predicted octanol–water partition coefficient (Wildman–Crippen LogP) is 2.17. The maximum Gasteiger partial charge on any atom is 0.0621 e. The summed E-state index contributed by atoms with van der Waals surface area (Å²) < 4.78 is 0. The van der Waals surface area contributed by atoms with Crippen molar-refractivity contribution in [1.29, 1.82) is 5.26 Å². The average Bonchev–Trinajstić information content (AvgIpc) is 1.80. The first kappa shape index (κ1) is 8.71. The fraction of sp³-hybridized carbons (Fsp3) is 0.857. The third kappa shape index (κ3) is 7.71. The zero-order chi connectivity index (χ0) is 7.11. The number of rotatable bonds is 4. The normalized spacial score (nSPS) is 9.56. The molecule has 0 bridgehead atoms. The molecule has 0 aromatic rings. The van der Waals surface area contributed by atoms with E-state index in [4.69, 9.17) is 5.26 Å². The Labute approximate surface area is 59.3 Å². The first-order valence-electron chi connectivity index (χ1n) is 3.64. The van der Waals surface area contributed by atoms with Crippen LogP contribution in [0, 0.1) is 11.3 Å². The maximum absolute atomic E-state index is 8.19. The Kier molecular flexibility index (Phi) is 5.65. The van der Waals surface area contributed by atoms with E-state index in [2.05, 4.69) is 19.2 Å². The van der Waals surface area contributed by atoms with Crippen molar-refractivity contribution in [3.63, 3.8) is 0 Å². The third-order valence-electron chi connectivity index (χ3n) is 1.32. The standard InChI is InChI=1S/C7H15NSi/c1-9(2)7-5-3-4-6-8/h9H,3-5,7H2,1-2H3. The molecule has 0 N–H and O–H groups in total. The molecule has 0 heterocycles. The highest BCUT2D eigenvalue weighted by atomic mass is 28.3. The smallest absolute Gasteiger partial charge is 0.0621 e. The van der Waals surface area contributed by atoms with Crippen molar-refractivity contribution in [3.8, 4) is 6.07 Å². The van der Waals surface area contributed by atoms with Crippen molar-refractivity contribution >= 4 is 8.80 Å². The van der Waals surface area contributed by atoms with Crippen molar-refractivity contribution in [3.05, 3.63) is 0 Å². The molecule has 0 atom stereocenters. The number of hydrogen-bond donors (Lipinski definition) is 0. The molecule has 0 aromatic heterocycles. The fourth-order valence-corrected chi connectivity index (χ4v) is 1.86. The highest BCUT2D eigenvalue weighted by Gasteiger charge is 1.93. The fourth-order valence-electron chi connectivity index (χ4n) is 0.757. The summed E-state index contributed by atoms with van der Waals surface area (Å²) in [5.74, 6) is 0. The number of hydrogen-bond acceptors (Lipinski definition) is 1. The number of nitrogens with zero attached hydrogens (tertiary/aromatic N) is 1. The van der Waals surface area contributed by atoms with Gasteiger partial charge in [0.05, 0.1) is 6.07 Å². The van der Waals surface area contributed by atoms with Gasteiger partial charge in [-0.3, -0.25) is 0 Å². The quantitative estimate of drug-likeness (QED) is 0.435. The van der Waals surface area contributed by atoms with Crippen LogP contribution in [0.2, 0.25) is 19.1 Å². The minimum absolute atomic E-state index is 0.323. The third-order valence-corrected chi connectivity index (χ3v) is 2.88. The van der Waals surface area contributed by atoms with Gasteiger partial charge in [-0.2, -0.15) is 5.26 Å². The van der Waals surface area contributed by atoms with Crippen LogP contribution in [0.3, 0.4) is 0 Å². The molecular formula is C7H15NSi. The topological polar surface area (TPSA) is 23.8 Å². The van der Waals surface area contributed by atoms with Crippen molar-refractivity contribution in [2.45, 2.75) is 38.4 Å². The van der Waals surface area contributed by atoms with Crippen LogP contribution >= 0.6 is 0 Å². The minimum Gasteiger partial charge on any atom is -0.198 e. The summed E-state index contributed by atoms with van der Waals surface area (Å²) in [7, 11) is -0.323. The molecular weight excluding hydrogens is 126 g/mol. The molecule has 0 aliphatic carbocycles. The number of unbranched alkanes of at least 4 members (excludes halogenated alkanes) is 2. The maximum atomic E-state index is 8.19. The van der Waals surface area contributed by atoms with Gasteiger partial charge in [-0.05, 0) is 6.42 Å². The van der Waals surface area contributed by atoms with Gasteiger partial charge in [0, 0.05) is 15.2 Å². The van der Waals surface area contributed by atoms with Crippen molar-refractivity contribution < 1.29 is 0 Å². The van der Waals surface area contributed by atoms with E-state index in [0.29, 0.717) is 0 Å². The van der Waals surface area contributed by atoms with E-state index in [1.807, 2.05) is 0 Å². The van der Waals surface area contributed by atoms with Crippen LogP contribution in [0.5, 0.6) is 0 Å². The van der Waals surface area contributed by atoms with E-state index in [1.165, 1.54) is 12.5 Å². The van der Waals surface area contributed by atoms with Crippen LogP contribution in [0.25, 0.3) is 0 Å². The molecule has 1 nitrogen and oxygen atoms in total. The van der Waals surface area contributed by atoms with Crippen molar-refractivity contribution in [2.24, 2.45) is 0 Å². The van der Waals surface area contributed by atoms with E-state index in [0.717, 1.165) is 12.8 Å². The second kappa shape index (κ2) is 5.84. The lowest BCUT2D eigenvalue weighted by molar-refractivity contribution is 0.814. The van der Waals surface area contributed by atoms with Crippen molar-refractivity contribution in [2.75, 3.05) is 0 Å². The molecule has 2 heteroatoms. The number of nitriles is 1. The molecule has 0 fully saturated rings. The van der Waals surface area contributed by atoms with E-state index in [1.54, 1.807) is 0 Å². The van der Waals surface area contributed by atoms with Gasteiger partial charge in [0.2, 0.25) is 0 Å². The molecule has 0 unspecified atom stereocenters. The van der Waals surface area contributed by atoms with Crippen LogP contribution in [-0.2, 0) is 0 Å². The highest BCUT2D eigenvalue weighted by Crippen LogP contribution is 2.02. The minimum atomic E-state index is -0.323.